The molecule has 3 heteroatoms. The van der Waals surface area contributed by atoms with Crippen LogP contribution in [0.4, 0.5) is 5.69 Å². The zero-order chi connectivity index (χ0) is 14.7. The number of hydrogen-bond donors (Lipinski definition) is 2. The number of hydrogen-bond acceptors (Lipinski definition) is 3. The summed E-state index contributed by atoms with van der Waals surface area (Å²) >= 11 is 0. The van der Waals surface area contributed by atoms with E-state index in [-0.39, 0.29) is 6.04 Å². The number of rotatable bonds is 4. The van der Waals surface area contributed by atoms with Crippen molar-refractivity contribution in [1.29, 1.82) is 0 Å². The second kappa shape index (κ2) is 6.08. The average molecular weight is 283 g/mol. The second-order valence-electron chi connectivity index (χ2n) is 5.43. The van der Waals surface area contributed by atoms with Crippen LogP contribution in [0.25, 0.3) is 0 Å². The molecule has 110 valence electrons. The van der Waals surface area contributed by atoms with Crippen molar-refractivity contribution < 1.29 is 9.84 Å². The predicted molar refractivity (Wildman–Crippen MR) is 85.0 cm³/mol. The minimum Gasteiger partial charge on any atom is -0.508 e. The molecule has 3 rings (SSSR count). The quantitative estimate of drug-likeness (QED) is 0.880. The molecule has 0 aliphatic heterocycles. The Hall–Kier alpha value is -2.16. The molecule has 0 saturated carbocycles. The SMILES string of the molecule is CCOc1ccc(NC2CCCc3ccc(O)cc32)cc1. The van der Waals surface area contributed by atoms with Crippen LogP contribution in [0.1, 0.15) is 36.9 Å². The lowest BCUT2D eigenvalue weighted by atomic mass is 9.87. The lowest BCUT2D eigenvalue weighted by molar-refractivity contribution is 0.340. The van der Waals surface area contributed by atoms with Crippen LogP contribution < -0.4 is 10.1 Å². The van der Waals surface area contributed by atoms with Gasteiger partial charge in [-0.25, -0.2) is 0 Å². The third-order valence-corrected chi connectivity index (χ3v) is 3.95. The Morgan fingerprint density at radius 3 is 2.76 bits per heavy atom. The smallest absolute Gasteiger partial charge is 0.119 e. The van der Waals surface area contributed by atoms with Crippen LogP contribution in [0.15, 0.2) is 42.5 Å². The summed E-state index contributed by atoms with van der Waals surface area (Å²) in [6.07, 6.45) is 3.35. The van der Waals surface area contributed by atoms with Crippen LogP contribution in [-0.4, -0.2) is 11.7 Å². The number of aryl methyl sites for hydroxylation is 1. The van der Waals surface area contributed by atoms with E-state index >= 15 is 0 Å². The average Bonchev–Trinajstić information content (AvgIpc) is 2.50. The van der Waals surface area contributed by atoms with Gasteiger partial charge in [-0.1, -0.05) is 6.07 Å². The van der Waals surface area contributed by atoms with Gasteiger partial charge in [0.15, 0.2) is 0 Å². The fraction of sp³-hybridized carbons (Fsp3) is 0.333. The van der Waals surface area contributed by atoms with E-state index in [0.717, 1.165) is 24.3 Å². The minimum absolute atomic E-state index is 0.263. The van der Waals surface area contributed by atoms with Crippen molar-refractivity contribution in [1.82, 2.24) is 0 Å². The van der Waals surface area contributed by atoms with Crippen molar-refractivity contribution in [2.75, 3.05) is 11.9 Å². The zero-order valence-electron chi connectivity index (χ0n) is 12.3. The molecule has 0 bridgehead atoms. The van der Waals surface area contributed by atoms with E-state index in [1.807, 2.05) is 43.3 Å². The number of ether oxygens (including phenoxy) is 1. The van der Waals surface area contributed by atoms with E-state index in [4.69, 9.17) is 4.74 Å². The molecule has 1 unspecified atom stereocenters. The maximum absolute atomic E-state index is 9.72. The summed E-state index contributed by atoms with van der Waals surface area (Å²) in [5, 5.41) is 13.3. The number of phenols is 1. The first-order chi connectivity index (χ1) is 10.3. The van der Waals surface area contributed by atoms with Gasteiger partial charge in [0.1, 0.15) is 11.5 Å². The largest absolute Gasteiger partial charge is 0.508 e. The van der Waals surface area contributed by atoms with Gasteiger partial charge < -0.3 is 15.2 Å². The molecule has 0 aromatic heterocycles. The van der Waals surface area contributed by atoms with Crippen LogP contribution in [0.2, 0.25) is 0 Å². The molecule has 2 aromatic carbocycles. The summed E-state index contributed by atoms with van der Waals surface area (Å²) in [4.78, 5) is 0. The van der Waals surface area contributed by atoms with Crippen LogP contribution in [0.3, 0.4) is 0 Å². The standard InChI is InChI=1S/C18H21NO2/c1-2-21-16-10-7-14(8-11-16)19-18-5-3-4-13-6-9-15(20)12-17(13)18/h6-12,18-20H,2-5H2,1H3. The summed E-state index contributed by atoms with van der Waals surface area (Å²) < 4.78 is 5.46. The Morgan fingerprint density at radius 1 is 1.19 bits per heavy atom. The summed E-state index contributed by atoms with van der Waals surface area (Å²) in [6.45, 7) is 2.67. The van der Waals surface area contributed by atoms with E-state index in [1.165, 1.54) is 17.5 Å². The monoisotopic (exact) mass is 283 g/mol. The number of aromatic hydroxyl groups is 1. The molecular weight excluding hydrogens is 262 g/mol. The highest BCUT2D eigenvalue weighted by molar-refractivity contribution is 5.50. The molecule has 21 heavy (non-hydrogen) atoms. The highest BCUT2D eigenvalue weighted by atomic mass is 16.5. The molecule has 0 fully saturated rings. The van der Waals surface area contributed by atoms with E-state index in [2.05, 4.69) is 5.32 Å². The Kier molecular flexibility index (Phi) is 4.00. The van der Waals surface area contributed by atoms with E-state index in [9.17, 15) is 5.11 Å². The van der Waals surface area contributed by atoms with Gasteiger partial charge in [0.05, 0.1) is 12.6 Å². The second-order valence-corrected chi connectivity index (χ2v) is 5.43. The molecule has 0 amide bonds. The fourth-order valence-electron chi connectivity index (χ4n) is 2.95. The van der Waals surface area contributed by atoms with Crippen LogP contribution in [0, 0.1) is 0 Å². The van der Waals surface area contributed by atoms with Gasteiger partial charge in [-0.2, -0.15) is 0 Å². The molecule has 0 heterocycles. The first-order valence-corrected chi connectivity index (χ1v) is 7.57. The van der Waals surface area contributed by atoms with Crippen molar-refractivity contribution in [3.63, 3.8) is 0 Å². The van der Waals surface area contributed by atoms with Gasteiger partial charge in [-0.15, -0.1) is 0 Å². The number of benzene rings is 2. The van der Waals surface area contributed by atoms with Crippen molar-refractivity contribution >= 4 is 5.69 Å². The molecule has 1 aliphatic carbocycles. The van der Waals surface area contributed by atoms with Crippen molar-refractivity contribution in [2.45, 2.75) is 32.2 Å². The third kappa shape index (κ3) is 3.13. The molecule has 1 aliphatic rings. The summed E-state index contributed by atoms with van der Waals surface area (Å²) in [6, 6.07) is 14.0. The molecular formula is C18H21NO2. The van der Waals surface area contributed by atoms with Crippen LogP contribution in [-0.2, 0) is 6.42 Å². The summed E-state index contributed by atoms with van der Waals surface area (Å²) in [5.41, 5.74) is 3.64. The highest BCUT2D eigenvalue weighted by Crippen LogP contribution is 2.34. The molecule has 3 nitrogen and oxygen atoms in total. The zero-order valence-corrected chi connectivity index (χ0v) is 12.3. The van der Waals surface area contributed by atoms with Gasteiger partial charge in [0, 0.05) is 5.69 Å². The molecule has 2 N–H and O–H groups in total. The van der Waals surface area contributed by atoms with Crippen LogP contribution >= 0.6 is 0 Å². The third-order valence-electron chi connectivity index (χ3n) is 3.95. The summed E-state index contributed by atoms with van der Waals surface area (Å²) in [5.74, 6) is 1.24. The fourth-order valence-corrected chi connectivity index (χ4v) is 2.95. The van der Waals surface area contributed by atoms with Gasteiger partial charge in [-0.05, 0) is 73.7 Å². The van der Waals surface area contributed by atoms with E-state index in [0.29, 0.717) is 12.4 Å². The molecule has 0 spiro atoms. The van der Waals surface area contributed by atoms with E-state index < -0.39 is 0 Å². The Balaban J connectivity index is 1.78. The van der Waals surface area contributed by atoms with Gasteiger partial charge in [-0.3, -0.25) is 0 Å². The Labute approximate surface area is 125 Å². The van der Waals surface area contributed by atoms with Crippen molar-refractivity contribution in [3.8, 4) is 11.5 Å². The van der Waals surface area contributed by atoms with Gasteiger partial charge in [0.25, 0.3) is 0 Å². The van der Waals surface area contributed by atoms with Gasteiger partial charge >= 0.3 is 0 Å². The molecule has 1 atom stereocenters. The number of phenolic OH excluding ortho intramolecular Hbond substituents is 1. The highest BCUT2D eigenvalue weighted by Gasteiger charge is 2.20. The van der Waals surface area contributed by atoms with Crippen LogP contribution in [0.5, 0.6) is 11.5 Å². The number of fused-ring (bicyclic) bond motifs is 1. The maximum atomic E-state index is 9.72. The Morgan fingerprint density at radius 2 is 2.00 bits per heavy atom. The minimum atomic E-state index is 0.263. The van der Waals surface area contributed by atoms with E-state index in [1.54, 1.807) is 6.07 Å². The normalized spacial score (nSPS) is 17.1. The lowest BCUT2D eigenvalue weighted by Crippen LogP contribution is -2.17. The summed E-state index contributed by atoms with van der Waals surface area (Å²) in [7, 11) is 0. The van der Waals surface area contributed by atoms with Crippen molar-refractivity contribution in [3.05, 3.63) is 53.6 Å². The number of nitrogens with one attached hydrogen (secondary N) is 1. The maximum Gasteiger partial charge on any atom is 0.119 e. The van der Waals surface area contributed by atoms with Crippen molar-refractivity contribution in [2.24, 2.45) is 0 Å². The molecule has 2 aromatic rings. The number of anilines is 1. The van der Waals surface area contributed by atoms with Gasteiger partial charge in [0.2, 0.25) is 0 Å². The first-order valence-electron chi connectivity index (χ1n) is 7.57. The topological polar surface area (TPSA) is 41.5 Å². The molecule has 0 saturated heterocycles. The molecule has 0 radical (unpaired) electrons. The predicted octanol–water partition coefficient (Wildman–Crippen LogP) is 4.28. The Bertz CT molecular complexity index is 607. The lowest BCUT2D eigenvalue weighted by Gasteiger charge is -2.27. The first kappa shape index (κ1) is 13.8.